The Balaban J connectivity index is 2.14. The van der Waals surface area contributed by atoms with Crippen molar-refractivity contribution >= 4 is 17.6 Å². The van der Waals surface area contributed by atoms with E-state index in [1.54, 1.807) is 18.2 Å². The van der Waals surface area contributed by atoms with E-state index in [1.807, 2.05) is 11.8 Å². The number of aromatic carboxylic acids is 1. The lowest BCUT2D eigenvalue weighted by atomic mass is 10.1. The number of benzene rings is 1. The lowest BCUT2D eigenvalue weighted by Crippen LogP contribution is -2.36. The molecule has 1 heterocycles. The van der Waals surface area contributed by atoms with Crippen LogP contribution in [0.3, 0.4) is 0 Å². The summed E-state index contributed by atoms with van der Waals surface area (Å²) in [5, 5.41) is 11.7. The van der Waals surface area contributed by atoms with E-state index in [1.165, 1.54) is 0 Å². The monoisotopic (exact) mass is 248 g/mol. The van der Waals surface area contributed by atoms with E-state index < -0.39 is 5.97 Å². The van der Waals surface area contributed by atoms with E-state index in [0.717, 1.165) is 24.2 Å². The van der Waals surface area contributed by atoms with Crippen molar-refractivity contribution < 1.29 is 14.7 Å². The normalized spacial score (nSPS) is 13.3. The highest BCUT2D eigenvalue weighted by molar-refractivity contribution is 5.89. The Morgan fingerprint density at radius 1 is 1.44 bits per heavy atom. The molecule has 0 saturated carbocycles. The van der Waals surface area contributed by atoms with Crippen molar-refractivity contribution in [3.63, 3.8) is 0 Å². The number of carbonyl (C=O) groups is 2. The van der Waals surface area contributed by atoms with Crippen molar-refractivity contribution in [2.75, 3.05) is 24.5 Å². The van der Waals surface area contributed by atoms with Crippen LogP contribution in [0.1, 0.15) is 22.8 Å². The van der Waals surface area contributed by atoms with Crippen LogP contribution in [0.2, 0.25) is 0 Å². The van der Waals surface area contributed by atoms with Crippen LogP contribution in [0.25, 0.3) is 0 Å². The van der Waals surface area contributed by atoms with Crippen LogP contribution in [-0.2, 0) is 11.2 Å². The second-order valence-corrected chi connectivity index (χ2v) is 4.27. The first-order valence-corrected chi connectivity index (χ1v) is 5.99. The molecule has 5 heteroatoms. The molecule has 0 spiro atoms. The number of fused-ring (bicyclic) bond motifs is 1. The van der Waals surface area contributed by atoms with Crippen LogP contribution < -0.4 is 10.2 Å². The molecule has 0 bridgehead atoms. The summed E-state index contributed by atoms with van der Waals surface area (Å²) in [6, 6.07) is 5.05. The average Bonchev–Trinajstić information content (AvgIpc) is 2.72. The lowest BCUT2D eigenvalue weighted by Gasteiger charge is -2.18. The number of rotatable bonds is 4. The third-order valence-electron chi connectivity index (χ3n) is 3.03. The van der Waals surface area contributed by atoms with Crippen LogP contribution in [0, 0.1) is 0 Å². The molecule has 0 radical (unpaired) electrons. The molecule has 5 nitrogen and oxygen atoms in total. The topological polar surface area (TPSA) is 69.6 Å². The number of anilines is 1. The van der Waals surface area contributed by atoms with Crippen LogP contribution >= 0.6 is 0 Å². The third kappa shape index (κ3) is 2.45. The zero-order chi connectivity index (χ0) is 13.1. The molecule has 1 aliphatic heterocycles. The van der Waals surface area contributed by atoms with E-state index in [9.17, 15) is 9.59 Å². The summed E-state index contributed by atoms with van der Waals surface area (Å²) in [7, 11) is 0. The molecule has 2 N–H and O–H groups in total. The van der Waals surface area contributed by atoms with Gasteiger partial charge >= 0.3 is 5.97 Å². The molecule has 96 valence electrons. The number of carboxylic acids is 1. The van der Waals surface area contributed by atoms with Gasteiger partial charge in [-0.05, 0) is 37.1 Å². The standard InChI is InChI=1S/C13H16N2O3/c1-2-14-12(16)8-15-6-5-9-7-10(13(17)18)3-4-11(9)15/h3-4,7H,2,5-6,8H2,1H3,(H,14,16)(H,17,18). The zero-order valence-corrected chi connectivity index (χ0v) is 10.3. The van der Waals surface area contributed by atoms with Gasteiger partial charge in [-0.1, -0.05) is 0 Å². The summed E-state index contributed by atoms with van der Waals surface area (Å²) in [6.07, 6.45) is 0.788. The van der Waals surface area contributed by atoms with Gasteiger partial charge in [0.15, 0.2) is 0 Å². The maximum Gasteiger partial charge on any atom is 0.335 e. The van der Waals surface area contributed by atoms with Crippen molar-refractivity contribution in [2.24, 2.45) is 0 Å². The first kappa shape index (κ1) is 12.4. The minimum atomic E-state index is -0.917. The fraction of sp³-hybridized carbons (Fsp3) is 0.385. The third-order valence-corrected chi connectivity index (χ3v) is 3.03. The Labute approximate surface area is 105 Å². The highest BCUT2D eigenvalue weighted by Crippen LogP contribution is 2.28. The maximum absolute atomic E-state index is 11.5. The Kier molecular flexibility index (Phi) is 3.50. The number of carbonyl (C=O) groups excluding carboxylic acids is 1. The predicted molar refractivity (Wildman–Crippen MR) is 68.0 cm³/mol. The van der Waals surface area contributed by atoms with Crippen molar-refractivity contribution in [1.29, 1.82) is 0 Å². The molecule has 1 aromatic rings. The van der Waals surface area contributed by atoms with Gasteiger partial charge in [0.05, 0.1) is 12.1 Å². The van der Waals surface area contributed by atoms with Crippen molar-refractivity contribution in [2.45, 2.75) is 13.3 Å². The quantitative estimate of drug-likeness (QED) is 0.830. The first-order chi connectivity index (χ1) is 8.61. The van der Waals surface area contributed by atoms with Gasteiger partial charge in [-0.25, -0.2) is 4.79 Å². The second kappa shape index (κ2) is 5.08. The Bertz CT molecular complexity index is 485. The van der Waals surface area contributed by atoms with Crippen molar-refractivity contribution in [3.05, 3.63) is 29.3 Å². The SMILES string of the molecule is CCNC(=O)CN1CCc2cc(C(=O)O)ccc21. The highest BCUT2D eigenvalue weighted by atomic mass is 16.4. The fourth-order valence-corrected chi connectivity index (χ4v) is 2.19. The van der Waals surface area contributed by atoms with Gasteiger partial charge in [-0.3, -0.25) is 4.79 Å². The van der Waals surface area contributed by atoms with E-state index >= 15 is 0 Å². The van der Waals surface area contributed by atoms with Crippen LogP contribution in [0.5, 0.6) is 0 Å². The average molecular weight is 248 g/mol. The predicted octanol–water partition coefficient (Wildman–Crippen LogP) is 0.883. The zero-order valence-electron chi connectivity index (χ0n) is 10.3. The molecule has 0 atom stereocenters. The number of likely N-dealkylation sites (N-methyl/N-ethyl adjacent to an activating group) is 1. The fourth-order valence-electron chi connectivity index (χ4n) is 2.19. The highest BCUT2D eigenvalue weighted by Gasteiger charge is 2.21. The van der Waals surface area contributed by atoms with Gasteiger partial charge in [0.1, 0.15) is 0 Å². The summed E-state index contributed by atoms with van der Waals surface area (Å²) in [6.45, 7) is 3.59. The van der Waals surface area contributed by atoms with Gasteiger partial charge in [0.2, 0.25) is 5.91 Å². The van der Waals surface area contributed by atoms with Gasteiger partial charge in [-0.2, -0.15) is 0 Å². The molecule has 1 aromatic carbocycles. The van der Waals surface area contributed by atoms with E-state index in [4.69, 9.17) is 5.11 Å². The number of hydrogen-bond donors (Lipinski definition) is 2. The number of nitrogens with zero attached hydrogens (tertiary/aromatic N) is 1. The van der Waals surface area contributed by atoms with Crippen LogP contribution in [-0.4, -0.2) is 36.6 Å². The largest absolute Gasteiger partial charge is 0.478 e. The van der Waals surface area contributed by atoms with Crippen molar-refractivity contribution in [3.8, 4) is 0 Å². The Morgan fingerprint density at radius 2 is 2.22 bits per heavy atom. The van der Waals surface area contributed by atoms with Gasteiger partial charge in [-0.15, -0.1) is 0 Å². The molecule has 2 rings (SSSR count). The summed E-state index contributed by atoms with van der Waals surface area (Å²) in [5.74, 6) is -0.923. The van der Waals surface area contributed by atoms with Crippen LogP contribution in [0.4, 0.5) is 5.69 Å². The summed E-state index contributed by atoms with van der Waals surface area (Å²) >= 11 is 0. The van der Waals surface area contributed by atoms with Gasteiger partial charge in [0.25, 0.3) is 0 Å². The number of amides is 1. The summed E-state index contributed by atoms with van der Waals surface area (Å²) < 4.78 is 0. The van der Waals surface area contributed by atoms with Crippen LogP contribution in [0.15, 0.2) is 18.2 Å². The first-order valence-electron chi connectivity index (χ1n) is 5.99. The Morgan fingerprint density at radius 3 is 2.89 bits per heavy atom. The Hall–Kier alpha value is -2.04. The van der Waals surface area contributed by atoms with Gasteiger partial charge in [0, 0.05) is 18.8 Å². The summed E-state index contributed by atoms with van der Waals surface area (Å²) in [4.78, 5) is 24.4. The van der Waals surface area contributed by atoms with Crippen molar-refractivity contribution in [1.82, 2.24) is 5.32 Å². The molecule has 1 aliphatic rings. The molecule has 0 unspecified atom stereocenters. The molecular formula is C13H16N2O3. The molecule has 1 amide bonds. The molecule has 0 aromatic heterocycles. The maximum atomic E-state index is 11.5. The number of carboxylic acid groups (broad SMARTS) is 1. The van der Waals surface area contributed by atoms with Gasteiger partial charge < -0.3 is 15.3 Å². The van der Waals surface area contributed by atoms with E-state index in [2.05, 4.69) is 5.32 Å². The second-order valence-electron chi connectivity index (χ2n) is 4.27. The minimum Gasteiger partial charge on any atom is -0.478 e. The molecular weight excluding hydrogens is 232 g/mol. The van der Waals surface area contributed by atoms with E-state index in [-0.39, 0.29) is 5.91 Å². The molecule has 18 heavy (non-hydrogen) atoms. The molecule has 0 fully saturated rings. The molecule has 0 aliphatic carbocycles. The number of nitrogens with one attached hydrogen (secondary N) is 1. The van der Waals surface area contributed by atoms with E-state index in [0.29, 0.717) is 18.7 Å². The summed E-state index contributed by atoms with van der Waals surface area (Å²) in [5.41, 5.74) is 2.26. The smallest absolute Gasteiger partial charge is 0.335 e. The number of hydrogen-bond acceptors (Lipinski definition) is 3. The lowest BCUT2D eigenvalue weighted by molar-refractivity contribution is -0.119. The minimum absolute atomic E-state index is 0.00680. The molecule has 0 saturated heterocycles.